The minimum atomic E-state index is -0.0532. The van der Waals surface area contributed by atoms with E-state index in [0.29, 0.717) is 6.54 Å². The van der Waals surface area contributed by atoms with Crippen LogP contribution >= 0.6 is 0 Å². The van der Waals surface area contributed by atoms with Gasteiger partial charge in [-0.3, -0.25) is 9.78 Å². The van der Waals surface area contributed by atoms with E-state index in [2.05, 4.69) is 25.4 Å². The van der Waals surface area contributed by atoms with Crippen molar-refractivity contribution in [2.75, 3.05) is 0 Å². The fourth-order valence-corrected chi connectivity index (χ4v) is 3.17. The molecular weight excluding hydrogens is 342 g/mol. The molecular formula is C20H19N5O2. The second-order valence-electron chi connectivity index (χ2n) is 6.45. The fourth-order valence-electron chi connectivity index (χ4n) is 3.17. The highest BCUT2D eigenvalue weighted by Crippen LogP contribution is 2.29. The Balaban J connectivity index is 1.55. The number of aryl methyl sites for hydroxylation is 2. The van der Waals surface area contributed by atoms with Gasteiger partial charge in [0, 0.05) is 47.8 Å². The maximum absolute atomic E-state index is 12.4. The number of pyridine rings is 2. The van der Waals surface area contributed by atoms with Crippen LogP contribution in [0.15, 0.2) is 47.5 Å². The van der Waals surface area contributed by atoms with Crippen LogP contribution in [0.4, 0.5) is 0 Å². The first-order valence-electron chi connectivity index (χ1n) is 8.66. The zero-order valence-corrected chi connectivity index (χ0v) is 15.1. The van der Waals surface area contributed by atoms with Crippen molar-refractivity contribution in [3.8, 4) is 11.1 Å². The molecule has 4 heterocycles. The van der Waals surface area contributed by atoms with Crippen molar-refractivity contribution < 1.29 is 9.32 Å². The number of rotatable bonds is 5. The maximum atomic E-state index is 12.4. The second-order valence-corrected chi connectivity index (χ2v) is 6.45. The molecule has 0 aliphatic carbocycles. The average Bonchev–Trinajstić information content (AvgIpc) is 3.23. The zero-order chi connectivity index (χ0) is 18.8. The minimum Gasteiger partial charge on any atom is -0.361 e. The molecule has 4 rings (SSSR count). The highest BCUT2D eigenvalue weighted by Gasteiger charge is 2.15. The topological polar surface area (TPSA) is 96.7 Å². The van der Waals surface area contributed by atoms with E-state index in [4.69, 9.17) is 4.52 Å². The van der Waals surface area contributed by atoms with Crippen molar-refractivity contribution in [2.24, 2.45) is 0 Å². The Hall–Kier alpha value is -3.48. The molecule has 0 bridgehead atoms. The molecule has 0 aromatic carbocycles. The molecule has 0 radical (unpaired) electrons. The van der Waals surface area contributed by atoms with Crippen LogP contribution in [-0.2, 0) is 17.8 Å². The Morgan fingerprint density at radius 2 is 2.19 bits per heavy atom. The molecule has 0 aliphatic heterocycles. The van der Waals surface area contributed by atoms with Crippen LogP contribution in [-0.4, -0.2) is 26.0 Å². The van der Waals surface area contributed by atoms with E-state index in [1.807, 2.05) is 38.2 Å². The van der Waals surface area contributed by atoms with Gasteiger partial charge in [0.2, 0.25) is 5.91 Å². The Kier molecular flexibility index (Phi) is 4.42. The van der Waals surface area contributed by atoms with Crippen molar-refractivity contribution in [2.45, 2.75) is 26.8 Å². The van der Waals surface area contributed by atoms with Crippen molar-refractivity contribution >= 4 is 16.9 Å². The average molecular weight is 361 g/mol. The second kappa shape index (κ2) is 7.03. The number of H-pyrrole nitrogens is 1. The van der Waals surface area contributed by atoms with E-state index in [-0.39, 0.29) is 12.3 Å². The van der Waals surface area contributed by atoms with Crippen LogP contribution in [0.25, 0.3) is 22.2 Å². The number of carbonyl (C=O) groups is 1. The summed E-state index contributed by atoms with van der Waals surface area (Å²) in [5.74, 6) is 0.697. The molecule has 0 unspecified atom stereocenters. The summed E-state index contributed by atoms with van der Waals surface area (Å²) in [4.78, 5) is 24.0. The normalized spacial score (nSPS) is 11.0. The van der Waals surface area contributed by atoms with Crippen LogP contribution in [0, 0.1) is 13.8 Å². The van der Waals surface area contributed by atoms with Gasteiger partial charge in [0.05, 0.1) is 12.1 Å². The number of hydrogen-bond acceptors (Lipinski definition) is 5. The number of carbonyl (C=O) groups excluding carboxylic acids is 1. The molecule has 0 spiro atoms. The molecule has 27 heavy (non-hydrogen) atoms. The maximum Gasteiger partial charge on any atom is 0.224 e. The van der Waals surface area contributed by atoms with Crippen molar-refractivity contribution in [1.82, 2.24) is 25.4 Å². The lowest BCUT2D eigenvalue weighted by atomic mass is 10.0. The van der Waals surface area contributed by atoms with Gasteiger partial charge in [-0.05, 0) is 37.1 Å². The molecule has 1 amide bonds. The Labute approximate surface area is 155 Å². The quantitative estimate of drug-likeness (QED) is 0.569. The third-order valence-electron chi connectivity index (χ3n) is 4.50. The lowest BCUT2D eigenvalue weighted by Crippen LogP contribution is -2.24. The monoisotopic (exact) mass is 361 g/mol. The summed E-state index contributed by atoms with van der Waals surface area (Å²) in [6.07, 6.45) is 7.34. The van der Waals surface area contributed by atoms with Gasteiger partial charge in [-0.25, -0.2) is 4.98 Å². The summed E-state index contributed by atoms with van der Waals surface area (Å²) in [6, 6.07) is 5.80. The molecule has 0 atom stereocenters. The first kappa shape index (κ1) is 17.0. The van der Waals surface area contributed by atoms with Gasteiger partial charge >= 0.3 is 0 Å². The minimum absolute atomic E-state index is 0.0532. The number of amides is 1. The van der Waals surface area contributed by atoms with Gasteiger partial charge in [-0.1, -0.05) is 11.2 Å². The van der Waals surface area contributed by atoms with E-state index < -0.39 is 0 Å². The third-order valence-corrected chi connectivity index (χ3v) is 4.50. The van der Waals surface area contributed by atoms with E-state index in [0.717, 1.165) is 44.7 Å². The van der Waals surface area contributed by atoms with Crippen molar-refractivity contribution in [3.63, 3.8) is 0 Å². The van der Waals surface area contributed by atoms with Crippen LogP contribution < -0.4 is 5.32 Å². The zero-order valence-electron chi connectivity index (χ0n) is 15.1. The first-order valence-corrected chi connectivity index (χ1v) is 8.66. The van der Waals surface area contributed by atoms with Gasteiger partial charge in [0.15, 0.2) is 0 Å². The molecule has 0 fully saturated rings. The van der Waals surface area contributed by atoms with Gasteiger partial charge in [0.25, 0.3) is 0 Å². The van der Waals surface area contributed by atoms with E-state index >= 15 is 0 Å². The lowest BCUT2D eigenvalue weighted by molar-refractivity contribution is -0.120. The van der Waals surface area contributed by atoms with E-state index in [1.165, 1.54) is 0 Å². The fraction of sp³-hybridized carbons (Fsp3) is 0.200. The molecule has 4 aromatic rings. The number of fused-ring (bicyclic) bond motifs is 1. The summed E-state index contributed by atoms with van der Waals surface area (Å²) in [5, 5.41) is 7.85. The summed E-state index contributed by atoms with van der Waals surface area (Å²) < 4.78 is 5.26. The summed E-state index contributed by atoms with van der Waals surface area (Å²) in [7, 11) is 0. The number of nitrogens with zero attached hydrogens (tertiary/aromatic N) is 3. The predicted octanol–water partition coefficient (Wildman–Crippen LogP) is 3.09. The molecule has 7 heteroatoms. The molecule has 0 saturated carbocycles. The van der Waals surface area contributed by atoms with Crippen molar-refractivity contribution in [1.29, 1.82) is 0 Å². The van der Waals surface area contributed by atoms with Crippen LogP contribution in [0.3, 0.4) is 0 Å². The first-order chi connectivity index (χ1) is 13.1. The number of aromatic nitrogens is 4. The van der Waals surface area contributed by atoms with E-state index in [1.54, 1.807) is 18.6 Å². The Morgan fingerprint density at radius 1 is 1.30 bits per heavy atom. The molecule has 136 valence electrons. The lowest BCUT2D eigenvalue weighted by Gasteiger charge is -2.05. The van der Waals surface area contributed by atoms with Crippen LogP contribution in [0.2, 0.25) is 0 Å². The highest BCUT2D eigenvalue weighted by molar-refractivity contribution is 5.89. The van der Waals surface area contributed by atoms with Crippen molar-refractivity contribution in [3.05, 3.63) is 65.6 Å². The molecule has 4 aromatic heterocycles. The summed E-state index contributed by atoms with van der Waals surface area (Å²) >= 11 is 0. The van der Waals surface area contributed by atoms with Gasteiger partial charge < -0.3 is 14.8 Å². The standard InChI is InChI=1S/C20H19N5O2/c1-12-19(13(2)27-25-12)16-6-17-15(10-23-20(17)24-11-16)7-18(26)22-9-14-4-3-5-21-8-14/h3-6,8,10-11H,7,9H2,1-2H3,(H,22,26)(H,23,24). The van der Waals surface area contributed by atoms with E-state index in [9.17, 15) is 4.79 Å². The Bertz CT molecular complexity index is 1080. The third kappa shape index (κ3) is 3.44. The SMILES string of the molecule is Cc1noc(C)c1-c1cnc2[nH]cc(CC(=O)NCc3cccnc3)c2c1. The smallest absolute Gasteiger partial charge is 0.224 e. The summed E-state index contributed by atoms with van der Waals surface area (Å²) in [5.41, 5.74) is 5.30. The van der Waals surface area contributed by atoms with Gasteiger partial charge in [0.1, 0.15) is 11.4 Å². The molecule has 0 saturated heterocycles. The number of nitrogens with one attached hydrogen (secondary N) is 2. The molecule has 2 N–H and O–H groups in total. The van der Waals surface area contributed by atoms with Gasteiger partial charge in [-0.2, -0.15) is 0 Å². The van der Waals surface area contributed by atoms with Crippen LogP contribution in [0.1, 0.15) is 22.6 Å². The van der Waals surface area contributed by atoms with Crippen LogP contribution in [0.5, 0.6) is 0 Å². The van der Waals surface area contributed by atoms with Gasteiger partial charge in [-0.15, -0.1) is 0 Å². The molecule has 0 aliphatic rings. The summed E-state index contributed by atoms with van der Waals surface area (Å²) in [6.45, 7) is 4.24. The highest BCUT2D eigenvalue weighted by atomic mass is 16.5. The Morgan fingerprint density at radius 3 is 2.93 bits per heavy atom. The number of aromatic amines is 1. The predicted molar refractivity (Wildman–Crippen MR) is 101 cm³/mol. The largest absolute Gasteiger partial charge is 0.361 e. The molecule has 7 nitrogen and oxygen atoms in total. The number of hydrogen-bond donors (Lipinski definition) is 2.